The van der Waals surface area contributed by atoms with Crippen molar-refractivity contribution in [2.45, 2.75) is 33.2 Å². The number of amides is 1. The molecule has 0 radical (unpaired) electrons. The third-order valence-corrected chi connectivity index (χ3v) is 7.50. The summed E-state index contributed by atoms with van der Waals surface area (Å²) in [4.78, 5) is 31.9. The maximum Gasteiger partial charge on any atom is 0.290 e. The number of nitrogens with zero attached hydrogens (tertiary/aromatic N) is 2. The van der Waals surface area contributed by atoms with Gasteiger partial charge in [-0.15, -0.1) is 0 Å². The molecule has 0 bridgehead atoms. The number of carbonyl (C=O) groups is 1. The zero-order valence-electron chi connectivity index (χ0n) is 23.0. The molecule has 1 atom stereocenters. The topological polar surface area (TPSA) is 81.5 Å². The molecule has 1 aromatic heterocycles. The van der Waals surface area contributed by atoms with Gasteiger partial charge < -0.3 is 23.5 Å². The van der Waals surface area contributed by atoms with E-state index in [1.165, 1.54) is 0 Å². The van der Waals surface area contributed by atoms with Crippen molar-refractivity contribution >= 4 is 16.9 Å². The first-order valence-corrected chi connectivity index (χ1v) is 13.6. The molecule has 1 saturated heterocycles. The Morgan fingerprint density at radius 1 is 1.03 bits per heavy atom. The van der Waals surface area contributed by atoms with E-state index in [1.54, 1.807) is 11.0 Å². The molecule has 1 unspecified atom stereocenters. The van der Waals surface area contributed by atoms with Gasteiger partial charge in [0, 0.05) is 26.2 Å². The number of ether oxygens (including phenoxy) is 3. The number of carbonyl (C=O) groups excluding carboxylic acids is 1. The first-order chi connectivity index (χ1) is 18.9. The van der Waals surface area contributed by atoms with E-state index in [-0.39, 0.29) is 17.1 Å². The van der Waals surface area contributed by atoms with Crippen LogP contribution < -0.4 is 14.9 Å². The zero-order valence-corrected chi connectivity index (χ0v) is 23.0. The molecule has 2 aliphatic heterocycles. The predicted molar refractivity (Wildman–Crippen MR) is 150 cm³/mol. The van der Waals surface area contributed by atoms with E-state index >= 15 is 0 Å². The Kier molecular flexibility index (Phi) is 8.04. The van der Waals surface area contributed by atoms with E-state index in [2.05, 4.69) is 11.5 Å². The van der Waals surface area contributed by atoms with Crippen molar-refractivity contribution in [2.24, 2.45) is 0 Å². The molecule has 3 heterocycles. The number of rotatable bonds is 10. The fourth-order valence-corrected chi connectivity index (χ4v) is 5.37. The number of hydrogen-bond donors (Lipinski definition) is 0. The quantitative estimate of drug-likeness (QED) is 0.352. The summed E-state index contributed by atoms with van der Waals surface area (Å²) in [6, 6.07) is 8.70. The lowest BCUT2D eigenvalue weighted by Gasteiger charge is -2.29. The number of aryl methyl sites for hydroxylation is 2. The molecule has 206 valence electrons. The fourth-order valence-electron chi connectivity index (χ4n) is 5.37. The Labute approximate surface area is 228 Å². The number of fused-ring (bicyclic) bond motifs is 2. The van der Waals surface area contributed by atoms with Crippen LogP contribution in [-0.4, -0.2) is 68.3 Å². The number of morpholine rings is 1. The van der Waals surface area contributed by atoms with Gasteiger partial charge in [0.05, 0.1) is 36.8 Å². The van der Waals surface area contributed by atoms with Crippen molar-refractivity contribution in [1.29, 1.82) is 0 Å². The molecule has 0 N–H and O–H groups in total. The van der Waals surface area contributed by atoms with E-state index in [0.717, 1.165) is 56.0 Å². The van der Waals surface area contributed by atoms with Crippen molar-refractivity contribution in [3.8, 4) is 11.5 Å². The summed E-state index contributed by atoms with van der Waals surface area (Å²) in [6.45, 7) is 14.9. The molecule has 1 fully saturated rings. The molecular formula is C31H36N2O6. The molecule has 0 spiro atoms. The second-order valence-corrected chi connectivity index (χ2v) is 10.1. The maximum atomic E-state index is 14.0. The first-order valence-electron chi connectivity index (χ1n) is 13.6. The Morgan fingerprint density at radius 2 is 1.79 bits per heavy atom. The van der Waals surface area contributed by atoms with E-state index in [4.69, 9.17) is 18.6 Å². The Morgan fingerprint density at radius 3 is 2.54 bits per heavy atom. The van der Waals surface area contributed by atoms with Gasteiger partial charge in [0.15, 0.2) is 16.9 Å². The van der Waals surface area contributed by atoms with Crippen LogP contribution in [-0.2, 0) is 4.74 Å². The van der Waals surface area contributed by atoms with Gasteiger partial charge in [-0.05, 0) is 68.1 Å². The minimum atomic E-state index is -0.591. The molecular weight excluding hydrogens is 496 g/mol. The average molecular weight is 533 g/mol. The average Bonchev–Trinajstić information content (AvgIpc) is 3.21. The standard InChI is InChI=1S/C31H36N2O6/c1-5-14-38-24-9-8-22(19-26(24)37-6-2)28-27-29(34)23-17-20(3)21(4)18-25(23)39-30(27)31(35)33(28)11-7-10-32-12-15-36-16-13-32/h5,8-9,17-19,28H,1,6-7,10-16H2,2-4H3. The van der Waals surface area contributed by atoms with Crippen LogP contribution in [0.3, 0.4) is 0 Å². The molecule has 0 saturated carbocycles. The molecule has 2 aliphatic rings. The van der Waals surface area contributed by atoms with E-state index < -0.39 is 6.04 Å². The highest BCUT2D eigenvalue weighted by Gasteiger charge is 2.42. The highest BCUT2D eigenvalue weighted by Crippen LogP contribution is 2.41. The largest absolute Gasteiger partial charge is 0.490 e. The third-order valence-electron chi connectivity index (χ3n) is 7.50. The van der Waals surface area contributed by atoms with Crippen LogP contribution in [0.25, 0.3) is 11.0 Å². The smallest absolute Gasteiger partial charge is 0.290 e. The Bertz CT molecular complexity index is 1440. The van der Waals surface area contributed by atoms with Gasteiger partial charge in [-0.1, -0.05) is 18.7 Å². The molecule has 0 aliphatic carbocycles. The van der Waals surface area contributed by atoms with Crippen molar-refractivity contribution in [3.63, 3.8) is 0 Å². The third kappa shape index (κ3) is 5.31. The summed E-state index contributed by atoms with van der Waals surface area (Å²) in [5, 5.41) is 0.487. The monoisotopic (exact) mass is 532 g/mol. The van der Waals surface area contributed by atoms with Gasteiger partial charge >= 0.3 is 0 Å². The summed E-state index contributed by atoms with van der Waals surface area (Å²) >= 11 is 0. The van der Waals surface area contributed by atoms with Crippen LogP contribution in [0.2, 0.25) is 0 Å². The van der Waals surface area contributed by atoms with Gasteiger partial charge in [0.2, 0.25) is 5.76 Å². The van der Waals surface area contributed by atoms with Gasteiger partial charge in [0.1, 0.15) is 12.2 Å². The summed E-state index contributed by atoms with van der Waals surface area (Å²) in [5.74, 6) is 0.999. The Balaban J connectivity index is 1.58. The lowest BCUT2D eigenvalue weighted by molar-refractivity contribution is 0.0353. The summed E-state index contributed by atoms with van der Waals surface area (Å²) in [7, 11) is 0. The second-order valence-electron chi connectivity index (χ2n) is 10.1. The second kappa shape index (κ2) is 11.6. The molecule has 8 heteroatoms. The van der Waals surface area contributed by atoms with Crippen LogP contribution in [0.5, 0.6) is 11.5 Å². The summed E-state index contributed by atoms with van der Waals surface area (Å²) < 4.78 is 23.3. The molecule has 39 heavy (non-hydrogen) atoms. The van der Waals surface area contributed by atoms with Crippen LogP contribution in [0.1, 0.15) is 52.2 Å². The van der Waals surface area contributed by atoms with Crippen molar-refractivity contribution in [2.75, 3.05) is 52.6 Å². The normalized spacial score (nSPS) is 17.5. The predicted octanol–water partition coefficient (Wildman–Crippen LogP) is 4.64. The minimum absolute atomic E-state index is 0.122. The SMILES string of the molecule is C=CCOc1ccc(C2c3c(oc4cc(C)c(C)cc4c3=O)C(=O)N2CCCN2CCOCC2)cc1OCC. The van der Waals surface area contributed by atoms with Crippen molar-refractivity contribution in [3.05, 3.63) is 81.2 Å². The van der Waals surface area contributed by atoms with Crippen LogP contribution in [0, 0.1) is 13.8 Å². The van der Waals surface area contributed by atoms with E-state index in [9.17, 15) is 9.59 Å². The molecule has 8 nitrogen and oxygen atoms in total. The maximum absolute atomic E-state index is 14.0. The molecule has 5 rings (SSSR count). The first kappa shape index (κ1) is 27.0. The van der Waals surface area contributed by atoms with Crippen LogP contribution >= 0.6 is 0 Å². The lowest BCUT2D eigenvalue weighted by Crippen LogP contribution is -2.38. The highest BCUT2D eigenvalue weighted by molar-refractivity contribution is 5.99. The number of hydrogen-bond acceptors (Lipinski definition) is 7. The zero-order chi connectivity index (χ0) is 27.5. The van der Waals surface area contributed by atoms with E-state index in [0.29, 0.717) is 47.8 Å². The van der Waals surface area contributed by atoms with Crippen molar-refractivity contribution in [1.82, 2.24) is 9.80 Å². The van der Waals surface area contributed by atoms with Crippen LogP contribution in [0.15, 0.2) is 52.2 Å². The molecule has 2 aromatic carbocycles. The van der Waals surface area contributed by atoms with Gasteiger partial charge in [-0.2, -0.15) is 0 Å². The van der Waals surface area contributed by atoms with Crippen molar-refractivity contribution < 1.29 is 23.4 Å². The van der Waals surface area contributed by atoms with E-state index in [1.807, 2.05) is 51.1 Å². The summed E-state index contributed by atoms with van der Waals surface area (Å²) in [5.41, 5.74) is 3.43. The van der Waals surface area contributed by atoms with Gasteiger partial charge in [-0.25, -0.2) is 0 Å². The molecule has 1 amide bonds. The Hall–Kier alpha value is -3.62. The highest BCUT2D eigenvalue weighted by atomic mass is 16.5. The van der Waals surface area contributed by atoms with Gasteiger partial charge in [0.25, 0.3) is 5.91 Å². The van der Waals surface area contributed by atoms with Gasteiger partial charge in [-0.3, -0.25) is 14.5 Å². The minimum Gasteiger partial charge on any atom is -0.490 e. The van der Waals surface area contributed by atoms with Crippen LogP contribution in [0.4, 0.5) is 0 Å². The fraction of sp³-hybridized carbons (Fsp3) is 0.419. The molecule has 3 aromatic rings. The lowest BCUT2D eigenvalue weighted by atomic mass is 9.97. The summed E-state index contributed by atoms with van der Waals surface area (Å²) in [6.07, 6.45) is 2.44. The number of benzene rings is 2.